The lowest BCUT2D eigenvalue weighted by atomic mass is 10.1. The number of nitrogens with one attached hydrogen (secondary N) is 4. The Balaban J connectivity index is 0.000000280. The van der Waals surface area contributed by atoms with Gasteiger partial charge in [-0.3, -0.25) is 40.9 Å². The quantitative estimate of drug-likeness (QED) is 0.162. The van der Waals surface area contributed by atoms with Crippen LogP contribution < -0.4 is 45.1 Å². The van der Waals surface area contributed by atoms with Crippen molar-refractivity contribution in [2.24, 2.45) is 23.4 Å². The number of benzene rings is 2. The zero-order valence-electron chi connectivity index (χ0n) is 14.6. The first kappa shape index (κ1) is 22.2. The Morgan fingerprint density at radius 3 is 1.07 bits per heavy atom. The molecule has 12 heteroatoms. The van der Waals surface area contributed by atoms with E-state index in [9.17, 15) is 19.2 Å². The Kier molecular flexibility index (Phi) is 8.72. The van der Waals surface area contributed by atoms with Crippen molar-refractivity contribution in [3.63, 3.8) is 0 Å². The minimum absolute atomic E-state index is 0.300. The van der Waals surface area contributed by atoms with Crippen molar-refractivity contribution in [2.45, 2.75) is 0 Å². The van der Waals surface area contributed by atoms with Crippen LogP contribution in [0.5, 0.6) is 0 Å². The SMILES string of the molecule is NNC(=O)c1ccc(C(=O)NN)cc1.NNC(=O)c1cccc(C(=O)NN)c1. The van der Waals surface area contributed by atoms with Crippen LogP contribution in [0.25, 0.3) is 0 Å². The molecule has 12 nitrogen and oxygen atoms in total. The number of nitrogen functional groups attached to an aromatic ring is 4. The lowest BCUT2D eigenvalue weighted by Crippen LogP contribution is -2.32. The Labute approximate surface area is 159 Å². The van der Waals surface area contributed by atoms with Crippen LogP contribution in [-0.2, 0) is 0 Å². The molecule has 0 radical (unpaired) electrons. The molecule has 0 aliphatic heterocycles. The van der Waals surface area contributed by atoms with E-state index in [0.29, 0.717) is 22.3 Å². The second kappa shape index (κ2) is 11.0. The van der Waals surface area contributed by atoms with Gasteiger partial charge in [-0.2, -0.15) is 0 Å². The maximum atomic E-state index is 11.1. The molecule has 0 bridgehead atoms. The van der Waals surface area contributed by atoms with Gasteiger partial charge in [0.15, 0.2) is 0 Å². The molecule has 0 unspecified atom stereocenters. The predicted molar refractivity (Wildman–Crippen MR) is 99.5 cm³/mol. The third-order valence-corrected chi connectivity index (χ3v) is 3.32. The van der Waals surface area contributed by atoms with Crippen molar-refractivity contribution in [3.8, 4) is 0 Å². The Bertz CT molecular complexity index is 788. The molecule has 148 valence electrons. The first-order chi connectivity index (χ1) is 13.4. The standard InChI is InChI=1S/2C8H10N4O2/c9-11-7(13)5-1-2-6(4-3-5)8(14)12-10;9-11-7(13)5-2-1-3-6(4-5)8(14)12-10/h2*1-4H,9-10H2,(H,11,13)(H,12,14). The molecule has 28 heavy (non-hydrogen) atoms. The van der Waals surface area contributed by atoms with Gasteiger partial charge in [0.25, 0.3) is 23.6 Å². The van der Waals surface area contributed by atoms with Gasteiger partial charge in [-0.1, -0.05) is 6.07 Å². The van der Waals surface area contributed by atoms with Gasteiger partial charge in [0, 0.05) is 22.3 Å². The molecule has 0 heterocycles. The zero-order chi connectivity index (χ0) is 21.1. The molecule has 0 aromatic heterocycles. The lowest BCUT2D eigenvalue weighted by Gasteiger charge is -2.02. The van der Waals surface area contributed by atoms with Crippen LogP contribution in [0.1, 0.15) is 41.4 Å². The number of nitrogens with two attached hydrogens (primary N) is 4. The summed E-state index contributed by atoms with van der Waals surface area (Å²) in [4.78, 5) is 44.2. The van der Waals surface area contributed by atoms with Gasteiger partial charge in [0.05, 0.1) is 0 Å². The Morgan fingerprint density at radius 2 is 0.786 bits per heavy atom. The summed E-state index contributed by atoms with van der Waals surface area (Å²) in [5.41, 5.74) is 9.24. The van der Waals surface area contributed by atoms with E-state index in [-0.39, 0.29) is 0 Å². The van der Waals surface area contributed by atoms with E-state index in [1.807, 2.05) is 21.7 Å². The maximum Gasteiger partial charge on any atom is 0.265 e. The largest absolute Gasteiger partial charge is 0.290 e. The van der Waals surface area contributed by atoms with Crippen molar-refractivity contribution in [1.82, 2.24) is 21.7 Å². The molecular formula is C16H20N8O4. The summed E-state index contributed by atoms with van der Waals surface area (Å²) in [6.07, 6.45) is 0. The van der Waals surface area contributed by atoms with Crippen LogP contribution in [0, 0.1) is 0 Å². The molecule has 0 aliphatic carbocycles. The fraction of sp³-hybridized carbons (Fsp3) is 0. The molecule has 0 atom stereocenters. The third kappa shape index (κ3) is 6.15. The van der Waals surface area contributed by atoms with Crippen LogP contribution in [-0.4, -0.2) is 23.6 Å². The molecule has 0 spiro atoms. The predicted octanol–water partition coefficient (Wildman–Crippen LogP) is -2.21. The second-order valence-electron chi connectivity index (χ2n) is 5.05. The minimum atomic E-state index is -0.461. The van der Waals surface area contributed by atoms with Crippen LogP contribution in [0.2, 0.25) is 0 Å². The normalized spacial score (nSPS) is 9.29. The highest BCUT2D eigenvalue weighted by molar-refractivity contribution is 5.99. The van der Waals surface area contributed by atoms with E-state index in [1.165, 1.54) is 42.5 Å². The first-order valence-electron chi connectivity index (χ1n) is 7.61. The van der Waals surface area contributed by atoms with E-state index in [2.05, 4.69) is 0 Å². The third-order valence-electron chi connectivity index (χ3n) is 3.32. The molecule has 2 aromatic rings. The molecular weight excluding hydrogens is 368 g/mol. The van der Waals surface area contributed by atoms with Crippen molar-refractivity contribution >= 4 is 23.6 Å². The number of hydrazine groups is 4. The average molecular weight is 388 g/mol. The van der Waals surface area contributed by atoms with Gasteiger partial charge in [0.1, 0.15) is 0 Å². The smallest absolute Gasteiger partial charge is 0.265 e. The molecule has 0 saturated carbocycles. The van der Waals surface area contributed by atoms with E-state index in [1.54, 1.807) is 6.07 Å². The van der Waals surface area contributed by atoms with Gasteiger partial charge < -0.3 is 0 Å². The molecule has 0 fully saturated rings. The average Bonchev–Trinajstić information content (AvgIpc) is 2.77. The van der Waals surface area contributed by atoms with Gasteiger partial charge in [-0.05, 0) is 42.5 Å². The van der Waals surface area contributed by atoms with E-state index >= 15 is 0 Å². The number of carbonyl (C=O) groups excluding carboxylic acids is 4. The van der Waals surface area contributed by atoms with Gasteiger partial charge in [-0.25, -0.2) is 23.4 Å². The van der Waals surface area contributed by atoms with Crippen LogP contribution in [0.15, 0.2) is 48.5 Å². The van der Waals surface area contributed by atoms with Crippen molar-refractivity contribution in [1.29, 1.82) is 0 Å². The highest BCUT2D eigenvalue weighted by atomic mass is 16.2. The molecule has 4 amide bonds. The van der Waals surface area contributed by atoms with Gasteiger partial charge in [-0.15, -0.1) is 0 Å². The zero-order valence-corrected chi connectivity index (χ0v) is 14.6. The molecule has 12 N–H and O–H groups in total. The molecule has 2 aromatic carbocycles. The monoisotopic (exact) mass is 388 g/mol. The van der Waals surface area contributed by atoms with E-state index in [0.717, 1.165) is 0 Å². The van der Waals surface area contributed by atoms with Crippen molar-refractivity contribution in [2.75, 3.05) is 0 Å². The lowest BCUT2D eigenvalue weighted by molar-refractivity contribution is 0.0942. The first-order valence-corrected chi connectivity index (χ1v) is 7.61. The van der Waals surface area contributed by atoms with E-state index in [4.69, 9.17) is 23.4 Å². The topological polar surface area (TPSA) is 220 Å². The highest BCUT2D eigenvalue weighted by Gasteiger charge is 2.08. The number of hydrogen-bond acceptors (Lipinski definition) is 8. The van der Waals surface area contributed by atoms with Crippen molar-refractivity contribution < 1.29 is 19.2 Å². The summed E-state index contributed by atoms with van der Waals surface area (Å²) >= 11 is 0. The van der Waals surface area contributed by atoms with Crippen LogP contribution in [0.4, 0.5) is 0 Å². The number of carbonyl (C=O) groups is 4. The molecule has 2 rings (SSSR count). The summed E-state index contributed by atoms with van der Waals surface area (Å²) < 4.78 is 0. The fourth-order valence-electron chi connectivity index (χ4n) is 1.91. The number of amides is 4. The Hall–Kier alpha value is -3.84. The van der Waals surface area contributed by atoms with Gasteiger partial charge in [0.2, 0.25) is 0 Å². The van der Waals surface area contributed by atoms with Crippen molar-refractivity contribution in [3.05, 3.63) is 70.8 Å². The number of hydrogen-bond donors (Lipinski definition) is 8. The van der Waals surface area contributed by atoms with Crippen LogP contribution >= 0.6 is 0 Å². The second-order valence-corrected chi connectivity index (χ2v) is 5.05. The van der Waals surface area contributed by atoms with Gasteiger partial charge >= 0.3 is 0 Å². The summed E-state index contributed by atoms with van der Waals surface area (Å²) in [7, 11) is 0. The summed E-state index contributed by atoms with van der Waals surface area (Å²) in [6, 6.07) is 11.9. The summed E-state index contributed by atoms with van der Waals surface area (Å²) in [6.45, 7) is 0. The summed E-state index contributed by atoms with van der Waals surface area (Å²) in [5.74, 6) is 18.0. The van der Waals surface area contributed by atoms with Crippen LogP contribution in [0.3, 0.4) is 0 Å². The fourth-order valence-corrected chi connectivity index (χ4v) is 1.91. The summed E-state index contributed by atoms with van der Waals surface area (Å²) in [5, 5.41) is 0. The molecule has 0 aliphatic rings. The van der Waals surface area contributed by atoms with E-state index < -0.39 is 23.6 Å². The highest BCUT2D eigenvalue weighted by Crippen LogP contribution is 2.05. The molecule has 0 saturated heterocycles. The Morgan fingerprint density at radius 1 is 0.500 bits per heavy atom. The number of rotatable bonds is 4. The maximum absolute atomic E-state index is 11.1. The minimum Gasteiger partial charge on any atom is -0.290 e.